The van der Waals surface area contributed by atoms with Crippen molar-refractivity contribution in [2.75, 3.05) is 0 Å². The van der Waals surface area contributed by atoms with Crippen LogP contribution in [0.15, 0.2) is 24.4 Å². The smallest absolute Gasteiger partial charge is 0.226 e. The molecular weight excluding hydrogens is 284 g/mol. The van der Waals surface area contributed by atoms with Crippen molar-refractivity contribution >= 4 is 11.6 Å². The van der Waals surface area contributed by atoms with Gasteiger partial charge in [-0.1, -0.05) is 39.8 Å². The van der Waals surface area contributed by atoms with E-state index in [1.807, 2.05) is 13.0 Å². The summed E-state index contributed by atoms with van der Waals surface area (Å²) in [6, 6.07) is 6.30. The number of rotatable bonds is 3. The molecule has 0 radical (unpaired) electrons. The molecule has 4 heteroatoms. The molecule has 3 nitrogen and oxygen atoms in total. The van der Waals surface area contributed by atoms with E-state index in [4.69, 9.17) is 16.3 Å². The quantitative estimate of drug-likeness (QED) is 0.741. The molecule has 1 aromatic carbocycles. The number of aromatic nitrogens is 2. The van der Waals surface area contributed by atoms with Gasteiger partial charge in [-0.05, 0) is 42.0 Å². The van der Waals surface area contributed by atoms with Crippen LogP contribution in [-0.2, 0) is 11.8 Å². The van der Waals surface area contributed by atoms with Crippen LogP contribution in [0.4, 0.5) is 0 Å². The van der Waals surface area contributed by atoms with E-state index in [1.165, 1.54) is 5.56 Å². The largest absolute Gasteiger partial charge is 0.438 e. The fourth-order valence-corrected chi connectivity index (χ4v) is 2.21. The number of ether oxygens (including phenoxy) is 1. The monoisotopic (exact) mass is 304 g/mol. The van der Waals surface area contributed by atoms with Crippen molar-refractivity contribution in [3.05, 3.63) is 46.4 Å². The second-order valence-corrected chi connectivity index (χ2v) is 6.50. The minimum absolute atomic E-state index is 0.00869. The summed E-state index contributed by atoms with van der Waals surface area (Å²) in [5, 5.41) is 0.193. The van der Waals surface area contributed by atoms with Gasteiger partial charge in [0.25, 0.3) is 0 Å². The van der Waals surface area contributed by atoms with Crippen LogP contribution in [0.3, 0.4) is 0 Å². The van der Waals surface area contributed by atoms with Crippen LogP contribution in [0.1, 0.15) is 44.4 Å². The summed E-state index contributed by atoms with van der Waals surface area (Å²) in [4.78, 5) is 8.12. The van der Waals surface area contributed by atoms with Crippen LogP contribution in [0.2, 0.25) is 5.28 Å². The Bertz CT molecular complexity index is 648. The minimum atomic E-state index is -0.00869. The molecule has 0 N–H and O–H groups in total. The lowest BCUT2D eigenvalue weighted by molar-refractivity contribution is 0.435. The van der Waals surface area contributed by atoms with Crippen molar-refractivity contribution in [2.24, 2.45) is 0 Å². The number of hydrogen-bond donors (Lipinski definition) is 0. The molecule has 112 valence electrons. The zero-order chi connectivity index (χ0) is 15.6. The van der Waals surface area contributed by atoms with E-state index in [-0.39, 0.29) is 10.7 Å². The third-order valence-corrected chi connectivity index (χ3v) is 3.54. The van der Waals surface area contributed by atoms with Gasteiger partial charge in [-0.15, -0.1) is 0 Å². The lowest BCUT2D eigenvalue weighted by Gasteiger charge is -2.23. The molecule has 0 saturated heterocycles. The topological polar surface area (TPSA) is 35.0 Å². The van der Waals surface area contributed by atoms with E-state index in [2.05, 4.69) is 49.8 Å². The fraction of sp³-hybridized carbons (Fsp3) is 0.412. The molecular formula is C17H21ClN2O. The van der Waals surface area contributed by atoms with Crippen molar-refractivity contribution in [1.82, 2.24) is 9.97 Å². The maximum absolute atomic E-state index is 6.01. The first kappa shape index (κ1) is 15.8. The highest BCUT2D eigenvalue weighted by molar-refractivity contribution is 6.28. The highest BCUT2D eigenvalue weighted by atomic mass is 35.5. The van der Waals surface area contributed by atoms with Gasteiger partial charge < -0.3 is 4.74 Å². The predicted molar refractivity (Wildman–Crippen MR) is 86.4 cm³/mol. The highest BCUT2D eigenvalue weighted by Gasteiger charge is 2.20. The van der Waals surface area contributed by atoms with Gasteiger partial charge in [-0.3, -0.25) is 0 Å². The summed E-state index contributed by atoms with van der Waals surface area (Å²) in [5.41, 5.74) is 3.31. The van der Waals surface area contributed by atoms with E-state index in [9.17, 15) is 0 Å². The van der Waals surface area contributed by atoms with E-state index >= 15 is 0 Å². The van der Waals surface area contributed by atoms with Crippen LogP contribution >= 0.6 is 11.6 Å². The summed E-state index contributed by atoms with van der Waals surface area (Å²) in [6.07, 6.45) is 2.67. The average molecular weight is 305 g/mol. The number of hydrogen-bond acceptors (Lipinski definition) is 3. The van der Waals surface area contributed by atoms with Crippen molar-refractivity contribution < 1.29 is 4.74 Å². The van der Waals surface area contributed by atoms with Crippen molar-refractivity contribution in [2.45, 2.75) is 46.5 Å². The predicted octanol–water partition coefficient (Wildman–Crippen LogP) is 5.09. The first-order valence-corrected chi connectivity index (χ1v) is 7.49. The number of aryl methyl sites for hydroxylation is 2. The van der Waals surface area contributed by atoms with E-state index in [0.29, 0.717) is 5.88 Å². The molecule has 0 atom stereocenters. The lowest BCUT2D eigenvalue weighted by Crippen LogP contribution is -2.13. The SMILES string of the molecule is CCc1ccc(Oc2nc(Cl)ncc2C)c(C(C)(C)C)c1. The summed E-state index contributed by atoms with van der Waals surface area (Å²) in [5.74, 6) is 1.32. The van der Waals surface area contributed by atoms with Gasteiger partial charge in [-0.2, -0.15) is 4.98 Å². The molecule has 1 heterocycles. The Morgan fingerprint density at radius 2 is 1.95 bits per heavy atom. The first-order valence-electron chi connectivity index (χ1n) is 7.11. The van der Waals surface area contributed by atoms with Crippen LogP contribution in [0.25, 0.3) is 0 Å². The molecule has 0 aliphatic heterocycles. The normalized spacial score (nSPS) is 11.5. The van der Waals surface area contributed by atoms with E-state index < -0.39 is 0 Å². The summed E-state index contributed by atoms with van der Waals surface area (Å²) in [7, 11) is 0. The number of benzene rings is 1. The Balaban J connectivity index is 2.46. The van der Waals surface area contributed by atoms with Crippen LogP contribution < -0.4 is 4.74 Å². The molecule has 1 aromatic heterocycles. The zero-order valence-electron chi connectivity index (χ0n) is 13.2. The number of halogens is 1. The molecule has 0 unspecified atom stereocenters. The Kier molecular flexibility index (Phi) is 4.52. The van der Waals surface area contributed by atoms with Crippen LogP contribution in [-0.4, -0.2) is 9.97 Å². The van der Waals surface area contributed by atoms with E-state index in [0.717, 1.165) is 23.3 Å². The maximum Gasteiger partial charge on any atom is 0.226 e. The molecule has 21 heavy (non-hydrogen) atoms. The molecule has 0 aliphatic carbocycles. The Morgan fingerprint density at radius 3 is 2.57 bits per heavy atom. The molecule has 0 saturated carbocycles. The van der Waals surface area contributed by atoms with Crippen LogP contribution in [0.5, 0.6) is 11.6 Å². The highest BCUT2D eigenvalue weighted by Crippen LogP contribution is 2.35. The van der Waals surface area contributed by atoms with Gasteiger partial charge in [0.05, 0.1) is 0 Å². The summed E-state index contributed by atoms with van der Waals surface area (Å²) < 4.78 is 6.01. The summed E-state index contributed by atoms with van der Waals surface area (Å²) in [6.45, 7) is 10.6. The molecule has 0 aliphatic rings. The second kappa shape index (κ2) is 6.02. The number of nitrogens with zero attached hydrogens (tertiary/aromatic N) is 2. The van der Waals surface area contributed by atoms with Gasteiger partial charge in [0.1, 0.15) is 5.75 Å². The zero-order valence-corrected chi connectivity index (χ0v) is 14.0. The lowest BCUT2D eigenvalue weighted by atomic mass is 9.85. The van der Waals surface area contributed by atoms with Gasteiger partial charge in [0.2, 0.25) is 11.2 Å². The fourth-order valence-electron chi connectivity index (χ4n) is 2.09. The van der Waals surface area contributed by atoms with Crippen LogP contribution in [0, 0.1) is 6.92 Å². The Hall–Kier alpha value is -1.61. The molecule has 2 aromatic rings. The third kappa shape index (κ3) is 3.73. The van der Waals surface area contributed by atoms with Crippen molar-refractivity contribution in [1.29, 1.82) is 0 Å². The summed E-state index contributed by atoms with van der Waals surface area (Å²) >= 11 is 5.86. The molecule has 2 rings (SSSR count). The van der Waals surface area contributed by atoms with E-state index in [1.54, 1.807) is 6.20 Å². The second-order valence-electron chi connectivity index (χ2n) is 6.16. The standard InChI is InChI=1S/C17H21ClN2O/c1-6-12-7-8-14(13(9-12)17(3,4)5)21-15-11(2)10-19-16(18)20-15/h7-10H,6H2,1-5H3. The van der Waals surface area contributed by atoms with Gasteiger partial charge in [0, 0.05) is 17.3 Å². The molecule has 0 amide bonds. The Labute approximate surface area is 131 Å². The molecule has 0 fully saturated rings. The Morgan fingerprint density at radius 1 is 1.24 bits per heavy atom. The molecule has 0 spiro atoms. The minimum Gasteiger partial charge on any atom is -0.438 e. The average Bonchev–Trinajstić information content (AvgIpc) is 2.42. The van der Waals surface area contributed by atoms with Gasteiger partial charge in [-0.25, -0.2) is 4.98 Å². The van der Waals surface area contributed by atoms with Gasteiger partial charge in [0.15, 0.2) is 0 Å². The van der Waals surface area contributed by atoms with Gasteiger partial charge >= 0.3 is 0 Å². The van der Waals surface area contributed by atoms with Crippen molar-refractivity contribution in [3.63, 3.8) is 0 Å². The first-order chi connectivity index (χ1) is 9.81. The molecule has 0 bridgehead atoms. The maximum atomic E-state index is 6.01. The van der Waals surface area contributed by atoms with Crippen molar-refractivity contribution in [3.8, 4) is 11.6 Å². The third-order valence-electron chi connectivity index (χ3n) is 3.36.